The average Bonchev–Trinajstić information content (AvgIpc) is 3.77. The van der Waals surface area contributed by atoms with E-state index in [1.54, 1.807) is 30.9 Å². The second kappa shape index (κ2) is 14.0. The molecule has 5 rings (SSSR count). The second-order valence-electron chi connectivity index (χ2n) is 12.0. The van der Waals surface area contributed by atoms with Crippen LogP contribution in [0.15, 0.2) is 57.5 Å². The topological polar surface area (TPSA) is 200 Å². The Morgan fingerprint density at radius 1 is 1.17 bits per heavy atom. The van der Waals surface area contributed by atoms with Crippen LogP contribution in [0.25, 0.3) is 0 Å². The number of guanidine groups is 1. The number of nitrogens with one attached hydrogen (secondary N) is 4. The van der Waals surface area contributed by atoms with Gasteiger partial charge in [0, 0.05) is 32.5 Å². The number of hydrogen-bond acceptors (Lipinski definition) is 11. The number of benzene rings is 2. The first kappa shape index (κ1) is 33.7. The molecule has 3 unspecified atom stereocenters. The lowest BCUT2D eigenvalue weighted by Crippen LogP contribution is -2.49. The number of aliphatic carboxylic acids is 1. The Labute approximate surface area is 272 Å². The van der Waals surface area contributed by atoms with E-state index in [9.17, 15) is 27.9 Å². The van der Waals surface area contributed by atoms with Crippen LogP contribution in [0.4, 0.5) is 4.79 Å². The van der Waals surface area contributed by atoms with E-state index < -0.39 is 46.2 Å². The summed E-state index contributed by atoms with van der Waals surface area (Å²) in [6, 6.07) is 10.6. The van der Waals surface area contributed by atoms with Gasteiger partial charge in [-0.15, -0.1) is 0 Å². The minimum absolute atomic E-state index is 0.00438. The minimum atomic E-state index is -4.23. The number of rotatable bonds is 11. The van der Waals surface area contributed by atoms with Crippen LogP contribution in [0, 0.1) is 20.8 Å². The fourth-order valence-electron chi connectivity index (χ4n) is 6.12. The molecule has 0 saturated carbocycles. The zero-order valence-corrected chi connectivity index (χ0v) is 27.2. The first-order chi connectivity index (χ1) is 22.4. The Balaban J connectivity index is 1.21. The molecule has 2 aromatic rings. The summed E-state index contributed by atoms with van der Waals surface area (Å²) < 4.78 is 34.1. The van der Waals surface area contributed by atoms with Gasteiger partial charge in [-0.3, -0.25) is 19.5 Å². The zero-order valence-electron chi connectivity index (χ0n) is 26.4. The van der Waals surface area contributed by atoms with Crippen molar-refractivity contribution in [3.05, 3.63) is 64.7 Å². The van der Waals surface area contributed by atoms with Crippen LogP contribution < -0.4 is 20.7 Å². The van der Waals surface area contributed by atoms with Gasteiger partial charge in [0.25, 0.3) is 5.91 Å². The fourth-order valence-corrected chi connectivity index (χ4v) is 7.77. The lowest BCUT2D eigenvalue weighted by atomic mass is 9.94. The van der Waals surface area contributed by atoms with E-state index in [-0.39, 0.29) is 36.2 Å². The van der Waals surface area contributed by atoms with Crippen molar-refractivity contribution in [1.82, 2.24) is 25.6 Å². The number of hydrogen-bond donors (Lipinski definition) is 5. The lowest BCUT2D eigenvalue weighted by molar-refractivity contribution is -0.138. The van der Waals surface area contributed by atoms with Gasteiger partial charge in [-0.25, -0.2) is 13.2 Å². The van der Waals surface area contributed by atoms with Crippen molar-refractivity contribution in [2.24, 2.45) is 10.1 Å². The molecule has 1 spiro atoms. The Bertz CT molecular complexity index is 1680. The van der Waals surface area contributed by atoms with Crippen molar-refractivity contribution in [3.8, 4) is 0 Å². The maximum atomic E-state index is 13.2. The molecule has 1 fully saturated rings. The number of carboxylic acids is 1. The van der Waals surface area contributed by atoms with Crippen molar-refractivity contribution in [1.29, 1.82) is 0 Å². The first-order valence-electron chi connectivity index (χ1n) is 15.2. The molecule has 2 aromatic carbocycles. The van der Waals surface area contributed by atoms with Gasteiger partial charge in [0.1, 0.15) is 18.4 Å². The Morgan fingerprint density at radius 3 is 2.55 bits per heavy atom. The van der Waals surface area contributed by atoms with Gasteiger partial charge in [0.2, 0.25) is 10.0 Å². The molecule has 3 aliphatic rings. The van der Waals surface area contributed by atoms with Crippen LogP contribution in [0.3, 0.4) is 0 Å². The molecule has 3 aliphatic heterocycles. The zero-order chi connectivity index (χ0) is 33.8. The number of aliphatic imine (C=N–C) groups is 1. The van der Waals surface area contributed by atoms with Crippen LogP contribution in [-0.2, 0) is 35.8 Å². The molecule has 2 amide bonds. The summed E-state index contributed by atoms with van der Waals surface area (Å²) in [4.78, 5) is 50.0. The quantitative estimate of drug-likeness (QED) is 0.229. The van der Waals surface area contributed by atoms with Crippen molar-refractivity contribution in [2.75, 3.05) is 32.7 Å². The van der Waals surface area contributed by atoms with E-state index in [4.69, 9.17) is 9.57 Å². The number of sulfonamides is 1. The van der Waals surface area contributed by atoms with E-state index in [2.05, 4.69) is 30.8 Å². The molecule has 1 saturated heterocycles. The van der Waals surface area contributed by atoms with E-state index in [0.29, 0.717) is 43.1 Å². The van der Waals surface area contributed by atoms with Crippen molar-refractivity contribution < 1.29 is 37.5 Å². The largest absolute Gasteiger partial charge is 0.480 e. The van der Waals surface area contributed by atoms with Gasteiger partial charge >= 0.3 is 12.1 Å². The van der Waals surface area contributed by atoms with Crippen LogP contribution in [0.5, 0.6) is 0 Å². The summed E-state index contributed by atoms with van der Waals surface area (Å²) in [5.74, 6) is -1.54. The van der Waals surface area contributed by atoms with Gasteiger partial charge < -0.3 is 30.6 Å². The van der Waals surface area contributed by atoms with E-state index >= 15 is 0 Å². The van der Waals surface area contributed by atoms with Crippen LogP contribution >= 0.6 is 0 Å². The van der Waals surface area contributed by atoms with Crippen LogP contribution in [0.2, 0.25) is 0 Å². The molecule has 0 aromatic heterocycles. The van der Waals surface area contributed by atoms with Gasteiger partial charge in [0.05, 0.1) is 24.0 Å². The van der Waals surface area contributed by atoms with Gasteiger partial charge in [-0.05, 0) is 37.5 Å². The third-order valence-corrected chi connectivity index (χ3v) is 9.94. The molecule has 5 N–H and O–H groups in total. The summed E-state index contributed by atoms with van der Waals surface area (Å²) in [6.07, 6.45) is -0.167. The van der Waals surface area contributed by atoms with Gasteiger partial charge in [-0.2, -0.15) is 4.72 Å². The van der Waals surface area contributed by atoms with Crippen LogP contribution in [0.1, 0.15) is 35.1 Å². The van der Waals surface area contributed by atoms with E-state index in [0.717, 1.165) is 11.1 Å². The van der Waals surface area contributed by atoms with E-state index in [1.165, 1.54) is 0 Å². The smallest absolute Gasteiger partial charge is 0.410 e. The molecule has 252 valence electrons. The molecule has 16 heteroatoms. The lowest BCUT2D eigenvalue weighted by Gasteiger charge is -2.24. The number of carboxylic acid groups (broad SMARTS) is 1. The number of aryl methyl sites for hydroxylation is 3. The number of amides is 2. The van der Waals surface area contributed by atoms with Gasteiger partial charge in [0.15, 0.2) is 11.6 Å². The maximum absolute atomic E-state index is 13.2. The standard InChI is InChI=1S/C31H39N7O8S/c1-19-11-20(2)26(21(3)12-19)47(43,44)37-25(28(40)41)16-34-27(39)24-14-31(46-36-24)13-23(15-35-29-32-9-10-33-29)38(18-31)30(42)45-17-22-7-5-4-6-8-22/h4-8,11-12,23,25,37H,9-10,13-18H2,1-3H3,(H,34,39)(H,40,41)(H2,32,33,35). The Hall–Kier alpha value is -4.70. The Kier molecular flexibility index (Phi) is 10.0. The molecular weight excluding hydrogens is 630 g/mol. The number of oxime groups is 1. The predicted molar refractivity (Wildman–Crippen MR) is 171 cm³/mol. The summed E-state index contributed by atoms with van der Waals surface area (Å²) in [5, 5.41) is 22.6. The van der Waals surface area contributed by atoms with Crippen molar-refractivity contribution >= 4 is 39.7 Å². The summed E-state index contributed by atoms with van der Waals surface area (Å²) >= 11 is 0. The third-order valence-electron chi connectivity index (χ3n) is 8.16. The number of carbonyl (C=O) groups is 3. The molecule has 0 bridgehead atoms. The molecule has 15 nitrogen and oxygen atoms in total. The highest BCUT2D eigenvalue weighted by molar-refractivity contribution is 7.89. The maximum Gasteiger partial charge on any atom is 0.410 e. The molecule has 0 radical (unpaired) electrons. The Morgan fingerprint density at radius 2 is 1.89 bits per heavy atom. The molecule has 3 heterocycles. The highest BCUT2D eigenvalue weighted by Crippen LogP contribution is 2.38. The number of nitrogens with zero attached hydrogens (tertiary/aromatic N) is 3. The highest BCUT2D eigenvalue weighted by Gasteiger charge is 2.53. The summed E-state index contributed by atoms with van der Waals surface area (Å²) in [7, 11) is -4.23. The fraction of sp³-hybridized carbons (Fsp3) is 0.452. The molecule has 0 aliphatic carbocycles. The van der Waals surface area contributed by atoms with E-state index in [1.807, 2.05) is 37.3 Å². The second-order valence-corrected chi connectivity index (χ2v) is 13.7. The SMILES string of the molecule is Cc1cc(C)c(S(=O)(=O)NC(CNC(=O)C2=NOC3(C2)CC(CNC2=NCCN2)N(C(=O)OCc2ccccc2)C3)C(=O)O)c(C)c1. The van der Waals surface area contributed by atoms with Gasteiger partial charge in [-0.1, -0.05) is 53.2 Å². The minimum Gasteiger partial charge on any atom is -0.480 e. The molecule has 47 heavy (non-hydrogen) atoms. The van der Waals surface area contributed by atoms with Crippen molar-refractivity contribution in [3.63, 3.8) is 0 Å². The monoisotopic (exact) mass is 669 g/mol. The van der Waals surface area contributed by atoms with Crippen molar-refractivity contribution in [2.45, 2.75) is 62.8 Å². The number of likely N-dealkylation sites (tertiary alicyclic amines) is 1. The normalized spacial score (nSPS) is 21.0. The summed E-state index contributed by atoms with van der Waals surface area (Å²) in [6.45, 7) is 6.44. The summed E-state index contributed by atoms with van der Waals surface area (Å²) in [5.41, 5.74) is 1.64. The number of ether oxygens (including phenoxy) is 1. The molecular formula is C31H39N7O8S. The number of carbonyl (C=O) groups excluding carboxylic acids is 2. The highest BCUT2D eigenvalue weighted by atomic mass is 32.2. The third kappa shape index (κ3) is 8.00. The van der Waals surface area contributed by atoms with Crippen LogP contribution in [-0.4, -0.2) is 98.5 Å². The molecule has 3 atom stereocenters. The first-order valence-corrected chi connectivity index (χ1v) is 16.7. The predicted octanol–water partition coefficient (Wildman–Crippen LogP) is 0.935. The average molecular weight is 670 g/mol.